The maximum atomic E-state index is 12.4. The van der Waals surface area contributed by atoms with Crippen LogP contribution in [0.4, 0.5) is 11.4 Å². The molecule has 2 aromatic carbocycles. The normalized spacial score (nSPS) is 16.6. The molecule has 0 radical (unpaired) electrons. The minimum Gasteiger partial charge on any atom is -0.322 e. The molecule has 1 amide bonds. The van der Waals surface area contributed by atoms with Gasteiger partial charge in [-0.1, -0.05) is 24.3 Å². The Hall–Kier alpha value is -2.34. The molecule has 1 N–H and O–H groups in total. The zero-order chi connectivity index (χ0) is 17.2. The van der Waals surface area contributed by atoms with Crippen LogP contribution in [0, 0.1) is 6.92 Å². The molecule has 6 heteroatoms. The van der Waals surface area contributed by atoms with Crippen molar-refractivity contribution in [3.8, 4) is 0 Å². The summed E-state index contributed by atoms with van der Waals surface area (Å²) in [5.41, 5.74) is 2.59. The Morgan fingerprint density at radius 1 is 1.08 bits per heavy atom. The number of anilines is 2. The molecule has 1 aliphatic heterocycles. The van der Waals surface area contributed by atoms with E-state index < -0.39 is 10.0 Å². The fraction of sp³-hybridized carbons (Fsp3) is 0.278. The molecule has 1 heterocycles. The van der Waals surface area contributed by atoms with Crippen molar-refractivity contribution in [3.63, 3.8) is 0 Å². The minimum atomic E-state index is -3.30. The molecule has 24 heavy (non-hydrogen) atoms. The number of nitrogens with zero attached hydrogens (tertiary/aromatic N) is 1. The average Bonchev–Trinajstić information content (AvgIpc) is 2.56. The number of para-hydroxylation sites is 1. The van der Waals surface area contributed by atoms with E-state index >= 15 is 0 Å². The van der Waals surface area contributed by atoms with Crippen LogP contribution in [0.3, 0.4) is 0 Å². The van der Waals surface area contributed by atoms with Gasteiger partial charge in [0.1, 0.15) is 0 Å². The van der Waals surface area contributed by atoms with Gasteiger partial charge >= 0.3 is 0 Å². The molecular weight excluding hydrogens is 324 g/mol. The highest BCUT2D eigenvalue weighted by Crippen LogP contribution is 2.28. The van der Waals surface area contributed by atoms with Crippen LogP contribution in [0.2, 0.25) is 0 Å². The van der Waals surface area contributed by atoms with Crippen molar-refractivity contribution < 1.29 is 13.2 Å². The molecule has 2 aromatic rings. The van der Waals surface area contributed by atoms with Crippen molar-refractivity contribution >= 4 is 27.3 Å². The van der Waals surface area contributed by atoms with Crippen molar-refractivity contribution in [2.24, 2.45) is 0 Å². The highest BCUT2D eigenvalue weighted by molar-refractivity contribution is 7.92. The van der Waals surface area contributed by atoms with Crippen molar-refractivity contribution in [1.29, 1.82) is 0 Å². The monoisotopic (exact) mass is 344 g/mol. The molecule has 3 rings (SSSR count). The minimum absolute atomic E-state index is 0.160. The summed E-state index contributed by atoms with van der Waals surface area (Å²) in [7, 11) is -3.30. The zero-order valence-corrected chi connectivity index (χ0v) is 14.3. The van der Waals surface area contributed by atoms with E-state index in [9.17, 15) is 13.2 Å². The van der Waals surface area contributed by atoms with Gasteiger partial charge in [0.2, 0.25) is 10.0 Å². The molecular formula is C18H20N2O3S. The Morgan fingerprint density at radius 2 is 1.83 bits per heavy atom. The van der Waals surface area contributed by atoms with Crippen LogP contribution in [0.25, 0.3) is 0 Å². The Labute approximate surface area is 142 Å². The third kappa shape index (κ3) is 3.43. The predicted octanol–water partition coefficient (Wildman–Crippen LogP) is 3.18. The van der Waals surface area contributed by atoms with Crippen LogP contribution in [-0.4, -0.2) is 26.6 Å². The fourth-order valence-corrected chi connectivity index (χ4v) is 4.50. The van der Waals surface area contributed by atoms with Gasteiger partial charge in [0, 0.05) is 17.8 Å². The zero-order valence-electron chi connectivity index (χ0n) is 13.5. The molecule has 0 unspecified atom stereocenters. The molecule has 126 valence electrons. The van der Waals surface area contributed by atoms with Gasteiger partial charge in [0.25, 0.3) is 5.91 Å². The molecule has 1 saturated heterocycles. The number of sulfonamides is 1. The summed E-state index contributed by atoms with van der Waals surface area (Å²) in [6.07, 6.45) is 1.52. The standard InChI is InChI=1S/C18H20N2O3S/c1-14-9-10-15(18(21)19-16-7-3-2-4-8-16)13-17(14)20-11-5-6-12-24(20,22)23/h2-4,7-10,13H,5-6,11-12H2,1H3,(H,19,21). The van der Waals surface area contributed by atoms with Crippen molar-refractivity contribution in [3.05, 3.63) is 59.7 Å². The number of amides is 1. The number of carbonyl (C=O) groups is 1. The molecule has 1 fully saturated rings. The quantitative estimate of drug-likeness (QED) is 0.930. The van der Waals surface area contributed by atoms with Crippen LogP contribution in [-0.2, 0) is 10.0 Å². The van der Waals surface area contributed by atoms with Crippen LogP contribution < -0.4 is 9.62 Å². The smallest absolute Gasteiger partial charge is 0.255 e. The van der Waals surface area contributed by atoms with E-state index in [4.69, 9.17) is 0 Å². The molecule has 0 aliphatic carbocycles. The number of rotatable bonds is 3. The van der Waals surface area contributed by atoms with E-state index in [2.05, 4.69) is 5.32 Å². The molecule has 0 bridgehead atoms. The van der Waals surface area contributed by atoms with Gasteiger partial charge in [0.15, 0.2) is 0 Å². The van der Waals surface area contributed by atoms with E-state index in [0.717, 1.165) is 12.0 Å². The lowest BCUT2D eigenvalue weighted by atomic mass is 10.1. The number of carbonyl (C=O) groups excluding carboxylic acids is 1. The summed E-state index contributed by atoms with van der Waals surface area (Å²) in [6.45, 7) is 2.32. The summed E-state index contributed by atoms with van der Waals surface area (Å²) >= 11 is 0. The van der Waals surface area contributed by atoms with Gasteiger partial charge in [0.05, 0.1) is 11.4 Å². The fourth-order valence-electron chi connectivity index (χ4n) is 2.80. The van der Waals surface area contributed by atoms with Crippen molar-refractivity contribution in [1.82, 2.24) is 0 Å². The third-order valence-electron chi connectivity index (χ3n) is 4.12. The molecule has 1 aliphatic rings. The lowest BCUT2D eigenvalue weighted by Crippen LogP contribution is -2.38. The molecule has 0 aromatic heterocycles. The first kappa shape index (κ1) is 16.5. The van der Waals surface area contributed by atoms with E-state index in [1.165, 1.54) is 4.31 Å². The van der Waals surface area contributed by atoms with Crippen molar-refractivity contribution in [2.45, 2.75) is 19.8 Å². The number of hydrogen-bond acceptors (Lipinski definition) is 3. The van der Waals surface area contributed by atoms with Gasteiger partial charge in [-0.05, 0) is 49.6 Å². The highest BCUT2D eigenvalue weighted by atomic mass is 32.2. The number of aryl methyl sites for hydroxylation is 1. The van der Waals surface area contributed by atoms with Crippen LogP contribution in [0.1, 0.15) is 28.8 Å². The van der Waals surface area contributed by atoms with Crippen LogP contribution >= 0.6 is 0 Å². The summed E-state index contributed by atoms with van der Waals surface area (Å²) in [5.74, 6) is -0.0933. The van der Waals surface area contributed by atoms with Crippen LogP contribution in [0.15, 0.2) is 48.5 Å². The first-order valence-electron chi connectivity index (χ1n) is 7.95. The number of hydrogen-bond donors (Lipinski definition) is 1. The van der Waals surface area contributed by atoms with Gasteiger partial charge in [-0.15, -0.1) is 0 Å². The second-order valence-electron chi connectivity index (χ2n) is 5.92. The molecule has 5 nitrogen and oxygen atoms in total. The van der Waals surface area contributed by atoms with E-state index in [1.807, 2.05) is 37.3 Å². The molecule has 0 saturated carbocycles. The largest absolute Gasteiger partial charge is 0.322 e. The topological polar surface area (TPSA) is 66.5 Å². The van der Waals surface area contributed by atoms with Gasteiger partial charge in [-0.3, -0.25) is 9.10 Å². The van der Waals surface area contributed by atoms with E-state index in [-0.39, 0.29) is 11.7 Å². The first-order valence-corrected chi connectivity index (χ1v) is 9.56. The van der Waals surface area contributed by atoms with Crippen LogP contribution in [0.5, 0.6) is 0 Å². The summed E-state index contributed by atoms with van der Waals surface area (Å²) in [4.78, 5) is 12.4. The van der Waals surface area contributed by atoms with Gasteiger partial charge in [-0.2, -0.15) is 0 Å². The maximum Gasteiger partial charge on any atom is 0.255 e. The second kappa shape index (κ2) is 6.65. The van der Waals surface area contributed by atoms with Gasteiger partial charge in [-0.25, -0.2) is 8.42 Å². The lowest BCUT2D eigenvalue weighted by molar-refractivity contribution is 0.102. The molecule has 0 atom stereocenters. The Morgan fingerprint density at radius 3 is 2.54 bits per heavy atom. The lowest BCUT2D eigenvalue weighted by Gasteiger charge is -2.29. The maximum absolute atomic E-state index is 12.4. The Kier molecular flexibility index (Phi) is 4.57. The average molecular weight is 344 g/mol. The molecule has 0 spiro atoms. The third-order valence-corrected chi connectivity index (χ3v) is 5.98. The van der Waals surface area contributed by atoms with Gasteiger partial charge < -0.3 is 5.32 Å². The first-order chi connectivity index (χ1) is 11.5. The summed E-state index contributed by atoms with van der Waals surface area (Å²) in [5, 5.41) is 2.82. The SMILES string of the molecule is Cc1ccc(C(=O)Nc2ccccc2)cc1N1CCCCS1(=O)=O. The van der Waals surface area contributed by atoms with Crippen molar-refractivity contribution in [2.75, 3.05) is 21.9 Å². The highest BCUT2D eigenvalue weighted by Gasteiger charge is 2.27. The predicted molar refractivity (Wildman–Crippen MR) is 95.9 cm³/mol. The second-order valence-corrected chi connectivity index (χ2v) is 7.93. The van der Waals surface area contributed by atoms with E-state index in [1.54, 1.807) is 18.2 Å². The Balaban J connectivity index is 1.90. The summed E-state index contributed by atoms with van der Waals surface area (Å²) < 4.78 is 26.1. The van der Waals surface area contributed by atoms with E-state index in [0.29, 0.717) is 29.9 Å². The summed E-state index contributed by atoms with van der Waals surface area (Å²) in [6, 6.07) is 14.3. The number of benzene rings is 2. The number of nitrogens with one attached hydrogen (secondary N) is 1. The Bertz CT molecular complexity index is 848.